The summed E-state index contributed by atoms with van der Waals surface area (Å²) in [6.07, 6.45) is 2.61. The van der Waals surface area contributed by atoms with E-state index in [2.05, 4.69) is 10.3 Å². The number of rotatable bonds is 3. The van der Waals surface area contributed by atoms with Gasteiger partial charge in [0, 0.05) is 18.5 Å². The fourth-order valence-corrected chi connectivity index (χ4v) is 0.845. The number of H-pyrrole nitrogens is 1. The normalized spacial score (nSPS) is 9.43. The van der Waals surface area contributed by atoms with Crippen molar-refractivity contribution in [3.05, 3.63) is 34.2 Å². The monoisotopic (exact) mass is 196 g/mol. The number of carboxylic acid groups (broad SMARTS) is 1. The Morgan fingerprint density at radius 2 is 2.21 bits per heavy atom. The summed E-state index contributed by atoms with van der Waals surface area (Å²) < 4.78 is 0. The molecule has 1 aromatic heterocycles. The van der Waals surface area contributed by atoms with Gasteiger partial charge < -0.3 is 15.4 Å². The number of carbonyl (C=O) groups is 2. The first-order valence-corrected chi connectivity index (χ1v) is 3.78. The van der Waals surface area contributed by atoms with E-state index in [0.29, 0.717) is 0 Å². The Morgan fingerprint density at radius 1 is 1.50 bits per heavy atom. The summed E-state index contributed by atoms with van der Waals surface area (Å²) in [5, 5.41) is 10.4. The molecule has 3 N–H and O–H groups in total. The molecule has 0 saturated heterocycles. The summed E-state index contributed by atoms with van der Waals surface area (Å²) in [5.41, 5.74) is -0.555. The van der Waals surface area contributed by atoms with Crippen molar-refractivity contribution in [2.75, 3.05) is 6.54 Å². The van der Waals surface area contributed by atoms with Crippen LogP contribution in [0.2, 0.25) is 0 Å². The van der Waals surface area contributed by atoms with E-state index >= 15 is 0 Å². The van der Waals surface area contributed by atoms with Crippen LogP contribution in [0.25, 0.3) is 0 Å². The maximum Gasteiger partial charge on any atom is 0.322 e. The molecule has 1 aromatic rings. The molecule has 74 valence electrons. The standard InChI is InChI=1S/C8H8N2O4/c11-6-1-2-9-3-5(6)8(14)10-4-7(12)13/h1-3H,4H2,(H,9,11)(H,10,14)(H,12,13). The van der Waals surface area contributed by atoms with Crippen LogP contribution in [0.3, 0.4) is 0 Å². The summed E-state index contributed by atoms with van der Waals surface area (Å²) in [6.45, 7) is -0.507. The van der Waals surface area contributed by atoms with Crippen molar-refractivity contribution in [2.24, 2.45) is 0 Å². The number of aromatic nitrogens is 1. The summed E-state index contributed by atoms with van der Waals surface area (Å²) in [6, 6.07) is 1.19. The number of hydrogen-bond donors (Lipinski definition) is 3. The van der Waals surface area contributed by atoms with Crippen molar-refractivity contribution in [2.45, 2.75) is 0 Å². The highest BCUT2D eigenvalue weighted by atomic mass is 16.4. The number of carboxylic acids is 1. The zero-order chi connectivity index (χ0) is 10.6. The van der Waals surface area contributed by atoms with Gasteiger partial charge in [-0.15, -0.1) is 0 Å². The summed E-state index contributed by atoms with van der Waals surface area (Å²) in [5.74, 6) is -1.86. The van der Waals surface area contributed by atoms with Crippen LogP contribution in [0.1, 0.15) is 10.4 Å². The van der Waals surface area contributed by atoms with Crippen LogP contribution in [0.5, 0.6) is 0 Å². The molecule has 0 atom stereocenters. The number of hydrogen-bond acceptors (Lipinski definition) is 3. The van der Waals surface area contributed by atoms with Crippen molar-refractivity contribution < 1.29 is 14.7 Å². The average molecular weight is 196 g/mol. The highest BCUT2D eigenvalue weighted by Crippen LogP contribution is 1.86. The molecule has 6 heteroatoms. The number of nitrogens with one attached hydrogen (secondary N) is 2. The lowest BCUT2D eigenvalue weighted by Crippen LogP contribution is -2.32. The number of aliphatic carboxylic acids is 1. The number of pyridine rings is 1. The Labute approximate surface area is 78.6 Å². The van der Waals surface area contributed by atoms with Crippen LogP contribution in [0, 0.1) is 0 Å². The Bertz CT molecular complexity index is 410. The molecule has 0 saturated carbocycles. The second-order valence-corrected chi connectivity index (χ2v) is 2.50. The lowest BCUT2D eigenvalue weighted by Gasteiger charge is -2.00. The zero-order valence-electron chi connectivity index (χ0n) is 7.11. The van der Waals surface area contributed by atoms with Gasteiger partial charge in [-0.05, 0) is 0 Å². The minimum absolute atomic E-state index is 0.103. The minimum Gasteiger partial charge on any atom is -0.480 e. The quantitative estimate of drug-likeness (QED) is 0.588. The molecular formula is C8H8N2O4. The molecule has 0 aromatic carbocycles. The molecule has 1 heterocycles. The highest BCUT2D eigenvalue weighted by molar-refractivity contribution is 5.95. The van der Waals surface area contributed by atoms with Crippen molar-refractivity contribution in [1.29, 1.82) is 0 Å². The first-order chi connectivity index (χ1) is 6.61. The van der Waals surface area contributed by atoms with Gasteiger partial charge in [-0.2, -0.15) is 0 Å². The van der Waals surface area contributed by atoms with Gasteiger partial charge in [-0.1, -0.05) is 0 Å². The summed E-state index contributed by atoms with van der Waals surface area (Å²) >= 11 is 0. The van der Waals surface area contributed by atoms with Crippen LogP contribution in [0.15, 0.2) is 23.3 Å². The van der Waals surface area contributed by atoms with Crippen molar-refractivity contribution in [1.82, 2.24) is 10.3 Å². The fraction of sp³-hybridized carbons (Fsp3) is 0.125. The third-order valence-electron chi connectivity index (χ3n) is 1.47. The second-order valence-electron chi connectivity index (χ2n) is 2.50. The van der Waals surface area contributed by atoms with Gasteiger partial charge in [0.1, 0.15) is 12.1 Å². The maximum atomic E-state index is 11.2. The molecule has 0 fully saturated rings. The topological polar surface area (TPSA) is 99.3 Å². The van der Waals surface area contributed by atoms with Crippen molar-refractivity contribution in [3.8, 4) is 0 Å². The van der Waals surface area contributed by atoms with Crippen LogP contribution < -0.4 is 10.7 Å². The van der Waals surface area contributed by atoms with Crippen molar-refractivity contribution >= 4 is 11.9 Å². The van der Waals surface area contributed by atoms with E-state index in [9.17, 15) is 14.4 Å². The Hall–Kier alpha value is -2.11. The van der Waals surface area contributed by atoms with Gasteiger partial charge in [0.2, 0.25) is 0 Å². The first kappa shape index (κ1) is 9.97. The summed E-state index contributed by atoms with van der Waals surface area (Å²) in [4.78, 5) is 34.9. The van der Waals surface area contributed by atoms with Gasteiger partial charge in [0.15, 0.2) is 5.43 Å². The van der Waals surface area contributed by atoms with Gasteiger partial charge in [0.25, 0.3) is 5.91 Å². The van der Waals surface area contributed by atoms with Crippen LogP contribution >= 0.6 is 0 Å². The molecule has 0 bridgehead atoms. The molecule has 0 aliphatic rings. The number of amides is 1. The molecule has 0 unspecified atom stereocenters. The van der Waals surface area contributed by atoms with Gasteiger partial charge in [0.05, 0.1) is 0 Å². The Balaban J connectivity index is 2.75. The van der Waals surface area contributed by atoms with E-state index in [1.54, 1.807) is 0 Å². The molecule has 1 rings (SSSR count). The Morgan fingerprint density at radius 3 is 2.79 bits per heavy atom. The third kappa shape index (κ3) is 2.44. The summed E-state index contributed by atoms with van der Waals surface area (Å²) in [7, 11) is 0. The van der Waals surface area contributed by atoms with E-state index in [0.717, 1.165) is 0 Å². The van der Waals surface area contributed by atoms with Gasteiger partial charge in [-0.25, -0.2) is 0 Å². The van der Waals surface area contributed by atoms with Crippen LogP contribution in [-0.4, -0.2) is 28.5 Å². The van der Waals surface area contributed by atoms with E-state index in [1.165, 1.54) is 18.5 Å². The smallest absolute Gasteiger partial charge is 0.322 e. The molecule has 1 amide bonds. The lowest BCUT2D eigenvalue weighted by atomic mass is 10.2. The third-order valence-corrected chi connectivity index (χ3v) is 1.47. The van der Waals surface area contributed by atoms with Gasteiger partial charge in [-0.3, -0.25) is 14.4 Å². The molecule has 14 heavy (non-hydrogen) atoms. The number of carbonyl (C=O) groups excluding carboxylic acids is 1. The molecule has 0 aliphatic carbocycles. The predicted molar refractivity (Wildman–Crippen MR) is 47.0 cm³/mol. The minimum atomic E-state index is -1.16. The van der Waals surface area contributed by atoms with E-state index < -0.39 is 23.9 Å². The largest absolute Gasteiger partial charge is 0.480 e. The van der Waals surface area contributed by atoms with Crippen LogP contribution in [-0.2, 0) is 4.79 Å². The SMILES string of the molecule is O=C(O)CNC(=O)c1c[nH]ccc1=O. The average Bonchev–Trinajstić information content (AvgIpc) is 2.15. The molecular weight excluding hydrogens is 188 g/mol. The predicted octanol–water partition coefficient (Wildman–Crippen LogP) is -0.811. The van der Waals surface area contributed by atoms with Crippen LogP contribution in [0.4, 0.5) is 0 Å². The first-order valence-electron chi connectivity index (χ1n) is 3.78. The van der Waals surface area contributed by atoms with Gasteiger partial charge >= 0.3 is 5.97 Å². The fourth-order valence-electron chi connectivity index (χ4n) is 0.845. The molecule has 0 radical (unpaired) electrons. The van der Waals surface area contributed by atoms with E-state index in [4.69, 9.17) is 5.11 Å². The molecule has 0 spiro atoms. The number of aromatic amines is 1. The zero-order valence-corrected chi connectivity index (χ0v) is 7.11. The molecule has 0 aliphatic heterocycles. The maximum absolute atomic E-state index is 11.2. The van der Waals surface area contributed by atoms with Crippen molar-refractivity contribution in [3.63, 3.8) is 0 Å². The van der Waals surface area contributed by atoms with E-state index in [1.807, 2.05) is 0 Å². The highest BCUT2D eigenvalue weighted by Gasteiger charge is 2.09. The van der Waals surface area contributed by atoms with E-state index in [-0.39, 0.29) is 5.56 Å². The molecule has 6 nitrogen and oxygen atoms in total. The second kappa shape index (κ2) is 4.22. The Kier molecular flexibility index (Phi) is 3.01. The lowest BCUT2D eigenvalue weighted by molar-refractivity contribution is -0.135.